The number of methoxy groups -OCH3 is 1. The molecule has 3 N–H and O–H groups in total. The third-order valence-corrected chi connectivity index (χ3v) is 7.01. The van der Waals surface area contributed by atoms with Crippen molar-refractivity contribution in [1.29, 1.82) is 0 Å². The van der Waals surface area contributed by atoms with E-state index in [2.05, 4.69) is 15.3 Å². The molecule has 0 aliphatic carbocycles. The summed E-state index contributed by atoms with van der Waals surface area (Å²) in [5.74, 6) is -0.567. The molecule has 4 aromatic rings. The van der Waals surface area contributed by atoms with Crippen LogP contribution in [0.3, 0.4) is 0 Å². The molecule has 208 valence electrons. The molecule has 2 aromatic carbocycles. The summed E-state index contributed by atoms with van der Waals surface area (Å²) in [6.45, 7) is 0.428. The van der Waals surface area contributed by atoms with Gasteiger partial charge in [-0.3, -0.25) is 9.69 Å². The lowest BCUT2D eigenvalue weighted by Crippen LogP contribution is -2.29. The summed E-state index contributed by atoms with van der Waals surface area (Å²) in [5, 5.41) is 22.4. The van der Waals surface area contributed by atoms with E-state index in [0.29, 0.717) is 44.8 Å². The average molecular weight is 585 g/mol. The van der Waals surface area contributed by atoms with E-state index in [1.165, 1.54) is 25.6 Å². The van der Waals surface area contributed by atoms with Gasteiger partial charge in [0, 0.05) is 70.6 Å². The molecule has 0 aliphatic heterocycles. The second kappa shape index (κ2) is 13.6. The lowest BCUT2D eigenvalue weighted by atomic mass is 9.95. The summed E-state index contributed by atoms with van der Waals surface area (Å²) >= 11 is 13.5. The van der Waals surface area contributed by atoms with Crippen LogP contribution in [0.1, 0.15) is 15.9 Å². The van der Waals surface area contributed by atoms with Crippen LogP contribution in [0.2, 0.25) is 10.0 Å². The number of aliphatic hydroxyl groups is 2. The predicted octanol–water partition coefficient (Wildman–Crippen LogP) is 5.61. The fourth-order valence-electron chi connectivity index (χ4n) is 4.39. The Balaban J connectivity index is 1.87. The van der Waals surface area contributed by atoms with Crippen LogP contribution in [0.15, 0.2) is 60.9 Å². The number of ether oxygens (including phenoxy) is 1. The molecule has 0 aliphatic rings. The number of aliphatic hydroxyl groups excluding tert-OH is 2. The minimum atomic E-state index is -0.608. The van der Waals surface area contributed by atoms with Crippen molar-refractivity contribution in [3.05, 3.63) is 87.9 Å². The van der Waals surface area contributed by atoms with Crippen molar-refractivity contribution in [1.82, 2.24) is 14.9 Å². The van der Waals surface area contributed by atoms with Crippen molar-refractivity contribution in [3.63, 3.8) is 0 Å². The number of anilines is 2. The van der Waals surface area contributed by atoms with E-state index in [9.17, 15) is 15.0 Å². The van der Waals surface area contributed by atoms with Crippen LogP contribution in [0.4, 0.5) is 15.9 Å². The maximum Gasteiger partial charge on any atom is 0.224 e. The molecular formula is C29H27Cl2FN4O4. The summed E-state index contributed by atoms with van der Waals surface area (Å²) in [7, 11) is 1.40. The standard InChI is InChI=1S/C29H27Cl2FN4O4/c1-40-29-22(17-39)20(9-11-34-29)25-24(7-6-21(26(25)31)19-4-2-3-5-23(19)30)35-28-27(32)18(8-10-33-28)16-36(12-14-37)13-15-38/h2-11,17,37-38H,12-16H2,1H3,(H,33,35). The summed E-state index contributed by atoms with van der Waals surface area (Å²) in [6.07, 6.45) is 3.57. The highest BCUT2D eigenvalue weighted by atomic mass is 35.5. The third kappa shape index (κ3) is 6.24. The number of carbonyl (C=O) groups excluding carboxylic acids is 1. The maximum atomic E-state index is 15.7. The first-order valence-corrected chi connectivity index (χ1v) is 13.1. The summed E-state index contributed by atoms with van der Waals surface area (Å²) in [4.78, 5) is 22.2. The number of nitrogens with zero attached hydrogens (tertiary/aromatic N) is 3. The molecule has 0 unspecified atom stereocenters. The van der Waals surface area contributed by atoms with Crippen LogP contribution in [0.5, 0.6) is 5.88 Å². The van der Waals surface area contributed by atoms with Crippen LogP contribution >= 0.6 is 23.2 Å². The molecule has 0 bridgehead atoms. The number of halogens is 3. The summed E-state index contributed by atoms with van der Waals surface area (Å²) in [5.41, 5.74) is 2.95. The Labute approximate surface area is 241 Å². The molecule has 8 nitrogen and oxygen atoms in total. The van der Waals surface area contributed by atoms with E-state index in [0.717, 1.165) is 0 Å². The van der Waals surface area contributed by atoms with Crippen molar-refractivity contribution in [3.8, 4) is 28.1 Å². The Hall–Kier alpha value is -3.60. The Kier molecular flexibility index (Phi) is 10.0. The van der Waals surface area contributed by atoms with Gasteiger partial charge < -0.3 is 20.3 Å². The van der Waals surface area contributed by atoms with Gasteiger partial charge in [0.1, 0.15) is 0 Å². The maximum absolute atomic E-state index is 15.7. The molecule has 11 heteroatoms. The van der Waals surface area contributed by atoms with Crippen molar-refractivity contribution in [2.24, 2.45) is 0 Å². The van der Waals surface area contributed by atoms with Gasteiger partial charge in [-0.2, -0.15) is 0 Å². The highest BCUT2D eigenvalue weighted by Crippen LogP contribution is 2.45. The van der Waals surface area contributed by atoms with Crippen LogP contribution in [-0.2, 0) is 6.54 Å². The highest BCUT2D eigenvalue weighted by molar-refractivity contribution is 6.39. The van der Waals surface area contributed by atoms with Gasteiger partial charge in [-0.25, -0.2) is 14.4 Å². The van der Waals surface area contributed by atoms with E-state index in [1.54, 1.807) is 35.2 Å². The fraction of sp³-hybridized carbons (Fsp3) is 0.207. The number of carbonyl (C=O) groups is 1. The molecule has 0 saturated heterocycles. The molecule has 0 amide bonds. The van der Waals surface area contributed by atoms with E-state index >= 15 is 4.39 Å². The number of nitrogens with one attached hydrogen (secondary N) is 1. The smallest absolute Gasteiger partial charge is 0.224 e. The van der Waals surface area contributed by atoms with Crippen LogP contribution in [0.25, 0.3) is 22.3 Å². The normalized spacial score (nSPS) is 11.1. The van der Waals surface area contributed by atoms with E-state index in [-0.39, 0.29) is 55.1 Å². The van der Waals surface area contributed by atoms with Gasteiger partial charge >= 0.3 is 0 Å². The third-order valence-electron chi connectivity index (χ3n) is 6.29. The average Bonchev–Trinajstić information content (AvgIpc) is 2.95. The zero-order valence-electron chi connectivity index (χ0n) is 21.6. The topological polar surface area (TPSA) is 108 Å². The Bertz CT molecular complexity index is 1500. The molecule has 0 fully saturated rings. The van der Waals surface area contributed by atoms with Crippen LogP contribution in [0, 0.1) is 5.82 Å². The lowest BCUT2D eigenvalue weighted by molar-refractivity contribution is 0.112. The second-order valence-electron chi connectivity index (χ2n) is 8.71. The van der Waals surface area contributed by atoms with Crippen LogP contribution < -0.4 is 10.1 Å². The van der Waals surface area contributed by atoms with Crippen LogP contribution in [-0.4, -0.2) is 64.8 Å². The SMILES string of the molecule is COc1nccc(-c2c(Nc3nccc(CN(CCO)CCO)c3F)ccc(-c3ccccc3Cl)c2Cl)c1C=O. The number of benzene rings is 2. The predicted molar refractivity (Wildman–Crippen MR) is 154 cm³/mol. The van der Waals surface area contributed by atoms with E-state index < -0.39 is 5.82 Å². The number of pyridine rings is 2. The Morgan fingerprint density at radius 1 is 0.975 bits per heavy atom. The van der Waals surface area contributed by atoms with E-state index in [4.69, 9.17) is 27.9 Å². The quantitative estimate of drug-likeness (QED) is 0.184. The second-order valence-corrected chi connectivity index (χ2v) is 9.50. The first-order chi connectivity index (χ1) is 19.4. The highest BCUT2D eigenvalue weighted by Gasteiger charge is 2.22. The molecular weight excluding hydrogens is 558 g/mol. The Morgan fingerprint density at radius 2 is 1.70 bits per heavy atom. The van der Waals surface area contributed by atoms with Gasteiger partial charge in [0.05, 0.1) is 30.9 Å². The van der Waals surface area contributed by atoms with E-state index in [1.807, 2.05) is 12.1 Å². The number of aromatic nitrogens is 2. The number of rotatable bonds is 12. The minimum absolute atomic E-state index is 0.0677. The van der Waals surface area contributed by atoms with Gasteiger partial charge in [-0.05, 0) is 24.3 Å². The summed E-state index contributed by atoms with van der Waals surface area (Å²) in [6, 6.07) is 13.8. The number of aldehydes is 1. The molecule has 0 saturated carbocycles. The minimum Gasteiger partial charge on any atom is -0.480 e. The molecule has 2 aromatic heterocycles. The number of hydrogen-bond donors (Lipinski definition) is 3. The molecule has 0 radical (unpaired) electrons. The van der Waals surface area contributed by atoms with Crippen molar-refractivity contribution >= 4 is 41.0 Å². The van der Waals surface area contributed by atoms with Gasteiger partial charge in [0.15, 0.2) is 17.9 Å². The fourth-order valence-corrected chi connectivity index (χ4v) is 5.00. The molecule has 40 heavy (non-hydrogen) atoms. The van der Waals surface area contributed by atoms with Crippen molar-refractivity contribution in [2.75, 3.05) is 38.7 Å². The first-order valence-electron chi connectivity index (χ1n) is 12.3. The number of hydrogen-bond acceptors (Lipinski definition) is 8. The van der Waals surface area contributed by atoms with Gasteiger partial charge in [-0.15, -0.1) is 0 Å². The van der Waals surface area contributed by atoms with Crippen molar-refractivity contribution in [2.45, 2.75) is 6.54 Å². The zero-order valence-corrected chi connectivity index (χ0v) is 23.1. The molecule has 0 atom stereocenters. The molecule has 4 rings (SSSR count). The van der Waals surface area contributed by atoms with Gasteiger partial charge in [-0.1, -0.05) is 47.5 Å². The van der Waals surface area contributed by atoms with Gasteiger partial charge in [0.25, 0.3) is 0 Å². The lowest BCUT2D eigenvalue weighted by Gasteiger charge is -2.22. The molecule has 0 spiro atoms. The largest absolute Gasteiger partial charge is 0.480 e. The monoisotopic (exact) mass is 584 g/mol. The van der Waals surface area contributed by atoms with Crippen molar-refractivity contribution < 1.29 is 24.1 Å². The zero-order chi connectivity index (χ0) is 28.6. The summed E-state index contributed by atoms with van der Waals surface area (Å²) < 4.78 is 21.0. The molecule has 2 heterocycles. The Morgan fingerprint density at radius 3 is 2.38 bits per heavy atom. The van der Waals surface area contributed by atoms with Gasteiger partial charge in [0.2, 0.25) is 5.88 Å². The first kappa shape index (κ1) is 29.4.